The predicted octanol–water partition coefficient (Wildman–Crippen LogP) is 2.78. The highest BCUT2D eigenvalue weighted by atomic mass is 127. The lowest BCUT2D eigenvalue weighted by molar-refractivity contribution is -0.182. The molecule has 10 heteroatoms. The molecule has 6 nitrogen and oxygen atoms in total. The minimum Gasteiger partial charge on any atom is -0.354 e. The molecule has 0 saturated heterocycles. The Kier molecular flexibility index (Phi) is 7.55. The fourth-order valence-corrected chi connectivity index (χ4v) is 2.53. The van der Waals surface area contributed by atoms with Crippen molar-refractivity contribution in [1.82, 2.24) is 20.8 Å². The van der Waals surface area contributed by atoms with Crippen LogP contribution in [0.25, 0.3) is 0 Å². The molecule has 1 fully saturated rings. The Morgan fingerprint density at radius 3 is 2.43 bits per heavy atom. The van der Waals surface area contributed by atoms with Gasteiger partial charge in [-0.25, -0.2) is 0 Å². The quantitative estimate of drug-likeness (QED) is 0.424. The highest BCUT2D eigenvalue weighted by molar-refractivity contribution is 14.0. The summed E-state index contributed by atoms with van der Waals surface area (Å²) >= 11 is 0. The van der Waals surface area contributed by atoms with Crippen LogP contribution in [0.15, 0.2) is 9.52 Å². The summed E-state index contributed by atoms with van der Waals surface area (Å²) in [6, 6.07) is -0.00296. The summed E-state index contributed by atoms with van der Waals surface area (Å²) in [7, 11) is 1.61. The van der Waals surface area contributed by atoms with Gasteiger partial charge in [0.15, 0.2) is 11.8 Å². The van der Waals surface area contributed by atoms with Crippen LogP contribution in [0.3, 0.4) is 0 Å². The molecule has 1 aromatic heterocycles. The van der Waals surface area contributed by atoms with Crippen LogP contribution < -0.4 is 10.6 Å². The summed E-state index contributed by atoms with van der Waals surface area (Å²) in [6.07, 6.45) is -2.82. The van der Waals surface area contributed by atoms with E-state index in [0.29, 0.717) is 37.1 Å². The zero-order valence-corrected chi connectivity index (χ0v) is 15.3. The fraction of sp³-hybridized carbons (Fsp3) is 0.769. The van der Waals surface area contributed by atoms with Crippen LogP contribution in [-0.2, 0) is 6.54 Å². The molecular formula is C13H21F3IN5O. The first-order valence-electron chi connectivity index (χ1n) is 7.21. The molecule has 1 saturated carbocycles. The largest absolute Gasteiger partial charge is 0.391 e. The summed E-state index contributed by atoms with van der Waals surface area (Å²) in [6.45, 7) is 2.04. The standard InChI is InChI=1S/C13H20F3N5O.HI/c1-8-19-11(21-22-8)7-18-12(17-2)20-10-5-3-9(4-6-10)13(14,15)16;/h9-10H,3-7H2,1-2H3,(H2,17,18,20);1H. The molecule has 2 N–H and O–H groups in total. The van der Waals surface area contributed by atoms with E-state index in [-0.39, 0.29) is 42.9 Å². The van der Waals surface area contributed by atoms with E-state index in [1.165, 1.54) is 0 Å². The number of rotatable bonds is 3. The maximum absolute atomic E-state index is 12.6. The normalized spacial score (nSPS) is 22.4. The SMILES string of the molecule is CN=C(NCc1noc(C)n1)NC1CCC(C(F)(F)F)CC1.I. The van der Waals surface area contributed by atoms with E-state index in [4.69, 9.17) is 4.52 Å². The van der Waals surface area contributed by atoms with Gasteiger partial charge in [0.1, 0.15) is 0 Å². The van der Waals surface area contributed by atoms with Crippen molar-refractivity contribution < 1.29 is 17.7 Å². The number of nitrogens with zero attached hydrogens (tertiary/aromatic N) is 3. The van der Waals surface area contributed by atoms with E-state index < -0.39 is 12.1 Å². The molecule has 0 aliphatic heterocycles. The predicted molar refractivity (Wildman–Crippen MR) is 89.6 cm³/mol. The molecule has 0 bridgehead atoms. The summed E-state index contributed by atoms with van der Waals surface area (Å²) in [5.41, 5.74) is 0. The van der Waals surface area contributed by atoms with Crippen molar-refractivity contribution in [3.63, 3.8) is 0 Å². The zero-order chi connectivity index (χ0) is 16.2. The second kappa shape index (κ2) is 8.69. The lowest BCUT2D eigenvalue weighted by atomic mass is 9.85. The molecule has 0 radical (unpaired) electrons. The Morgan fingerprint density at radius 1 is 1.30 bits per heavy atom. The Balaban J connectivity index is 0.00000264. The van der Waals surface area contributed by atoms with Gasteiger partial charge in [0.2, 0.25) is 5.89 Å². The van der Waals surface area contributed by atoms with Crippen LogP contribution in [0.2, 0.25) is 0 Å². The van der Waals surface area contributed by atoms with E-state index in [0.717, 1.165) is 0 Å². The minimum absolute atomic E-state index is 0. The number of aliphatic imine (C=N–C) groups is 1. The number of halogens is 4. The maximum atomic E-state index is 12.6. The van der Waals surface area contributed by atoms with Crippen molar-refractivity contribution in [2.45, 2.75) is 51.4 Å². The summed E-state index contributed by atoms with van der Waals surface area (Å²) in [4.78, 5) is 8.11. The smallest absolute Gasteiger partial charge is 0.354 e. The Morgan fingerprint density at radius 2 is 1.96 bits per heavy atom. The Hall–Kier alpha value is -1.07. The summed E-state index contributed by atoms with van der Waals surface area (Å²) < 4.78 is 42.7. The molecule has 1 aromatic rings. The molecule has 0 spiro atoms. The van der Waals surface area contributed by atoms with Gasteiger partial charge >= 0.3 is 6.18 Å². The lowest BCUT2D eigenvalue weighted by Crippen LogP contribution is -2.45. The van der Waals surface area contributed by atoms with Gasteiger partial charge in [0.05, 0.1) is 12.5 Å². The Labute approximate surface area is 149 Å². The second-order valence-corrected chi connectivity index (χ2v) is 5.39. The average Bonchev–Trinajstić information content (AvgIpc) is 2.88. The number of hydrogen-bond donors (Lipinski definition) is 2. The van der Waals surface area contributed by atoms with Crippen LogP contribution in [-0.4, -0.2) is 35.4 Å². The third kappa shape index (κ3) is 6.15. The van der Waals surface area contributed by atoms with Gasteiger partial charge in [-0.05, 0) is 25.7 Å². The average molecular weight is 447 g/mol. The van der Waals surface area contributed by atoms with Gasteiger partial charge < -0.3 is 15.2 Å². The zero-order valence-electron chi connectivity index (χ0n) is 13.0. The number of guanidine groups is 1. The van der Waals surface area contributed by atoms with Gasteiger partial charge in [-0.3, -0.25) is 4.99 Å². The molecule has 1 aliphatic carbocycles. The van der Waals surface area contributed by atoms with E-state index in [1.807, 2.05) is 0 Å². The Bertz CT molecular complexity index is 512. The molecular weight excluding hydrogens is 426 g/mol. The highest BCUT2D eigenvalue weighted by Gasteiger charge is 2.41. The van der Waals surface area contributed by atoms with E-state index in [1.54, 1.807) is 14.0 Å². The molecule has 23 heavy (non-hydrogen) atoms. The topological polar surface area (TPSA) is 75.3 Å². The fourth-order valence-electron chi connectivity index (χ4n) is 2.53. The van der Waals surface area contributed by atoms with Crippen molar-refractivity contribution in [3.8, 4) is 0 Å². The van der Waals surface area contributed by atoms with Gasteiger partial charge in [-0.15, -0.1) is 24.0 Å². The molecule has 1 heterocycles. The molecule has 0 aromatic carbocycles. The van der Waals surface area contributed by atoms with Crippen molar-refractivity contribution in [1.29, 1.82) is 0 Å². The number of aromatic nitrogens is 2. The van der Waals surface area contributed by atoms with Crippen molar-refractivity contribution >= 4 is 29.9 Å². The van der Waals surface area contributed by atoms with Crippen LogP contribution in [0.5, 0.6) is 0 Å². The lowest BCUT2D eigenvalue weighted by Gasteiger charge is -2.31. The summed E-state index contributed by atoms with van der Waals surface area (Å²) in [5, 5.41) is 9.91. The maximum Gasteiger partial charge on any atom is 0.391 e. The van der Waals surface area contributed by atoms with E-state index in [9.17, 15) is 13.2 Å². The number of alkyl halides is 3. The third-order valence-corrected chi connectivity index (χ3v) is 3.74. The first kappa shape index (κ1) is 20.0. The second-order valence-electron chi connectivity index (χ2n) is 5.39. The van der Waals surface area contributed by atoms with Crippen LogP contribution in [0, 0.1) is 12.8 Å². The van der Waals surface area contributed by atoms with Crippen LogP contribution in [0.4, 0.5) is 13.2 Å². The van der Waals surface area contributed by atoms with Gasteiger partial charge in [-0.2, -0.15) is 18.2 Å². The monoisotopic (exact) mass is 447 g/mol. The molecule has 1 aliphatic rings. The van der Waals surface area contributed by atoms with Gasteiger partial charge in [0.25, 0.3) is 0 Å². The van der Waals surface area contributed by atoms with Crippen LogP contribution in [0.1, 0.15) is 37.4 Å². The number of hydrogen-bond acceptors (Lipinski definition) is 4. The summed E-state index contributed by atoms with van der Waals surface area (Å²) in [5.74, 6) is 0.326. The third-order valence-electron chi connectivity index (χ3n) is 3.74. The van der Waals surface area contributed by atoms with E-state index in [2.05, 4.69) is 25.8 Å². The van der Waals surface area contributed by atoms with Gasteiger partial charge in [-0.1, -0.05) is 5.16 Å². The first-order chi connectivity index (χ1) is 10.4. The molecule has 132 valence electrons. The van der Waals surface area contributed by atoms with E-state index >= 15 is 0 Å². The number of nitrogens with one attached hydrogen (secondary N) is 2. The van der Waals surface area contributed by atoms with Crippen molar-refractivity contribution in [2.75, 3.05) is 7.05 Å². The molecule has 0 unspecified atom stereocenters. The minimum atomic E-state index is -4.08. The molecule has 2 rings (SSSR count). The van der Waals surface area contributed by atoms with Crippen molar-refractivity contribution in [2.24, 2.45) is 10.9 Å². The van der Waals surface area contributed by atoms with Crippen LogP contribution >= 0.6 is 24.0 Å². The first-order valence-corrected chi connectivity index (χ1v) is 7.21. The number of aryl methyl sites for hydroxylation is 1. The highest BCUT2D eigenvalue weighted by Crippen LogP contribution is 2.37. The van der Waals surface area contributed by atoms with Gasteiger partial charge in [0, 0.05) is 20.0 Å². The molecule has 0 amide bonds. The van der Waals surface area contributed by atoms with Crippen molar-refractivity contribution in [3.05, 3.63) is 11.7 Å². The molecule has 0 atom stereocenters.